The van der Waals surface area contributed by atoms with Crippen molar-refractivity contribution in [2.24, 2.45) is 17.8 Å². The number of ether oxygens (including phenoxy) is 8. The monoisotopic (exact) mass is 938 g/mol. The van der Waals surface area contributed by atoms with Gasteiger partial charge < -0.3 is 104 Å². The second kappa shape index (κ2) is 22.4. The van der Waals surface area contributed by atoms with Gasteiger partial charge in [0.25, 0.3) is 0 Å². The van der Waals surface area contributed by atoms with Crippen molar-refractivity contribution < 1.29 is 104 Å². The minimum atomic E-state index is -1.89. The van der Waals surface area contributed by atoms with E-state index in [4.69, 9.17) is 37.9 Å². The average molecular weight is 939 g/mol. The molecule has 22 nitrogen and oxygen atoms in total. The zero-order valence-electron chi connectivity index (χ0n) is 36.8. The van der Waals surface area contributed by atoms with E-state index in [1.807, 2.05) is 14.1 Å². The van der Waals surface area contributed by atoms with E-state index >= 15 is 0 Å². The Morgan fingerprint density at radius 1 is 0.646 bits per heavy atom. The fraction of sp³-hybridized carbons (Fsp3) is 0.930. The van der Waals surface area contributed by atoms with E-state index in [1.54, 1.807) is 6.08 Å². The lowest BCUT2D eigenvalue weighted by atomic mass is 9.72. The molecule has 4 saturated heterocycles. The Morgan fingerprint density at radius 3 is 2.03 bits per heavy atom. The maximum atomic E-state index is 12.7. The quantitative estimate of drug-likeness (QED) is 0.0467. The van der Waals surface area contributed by atoms with Crippen molar-refractivity contribution in [1.29, 1.82) is 0 Å². The van der Waals surface area contributed by atoms with Crippen LogP contribution >= 0.6 is 0 Å². The van der Waals surface area contributed by atoms with E-state index in [2.05, 4.69) is 4.90 Å². The van der Waals surface area contributed by atoms with Crippen LogP contribution in [0.4, 0.5) is 0 Å². The lowest BCUT2D eigenvalue weighted by molar-refractivity contribution is -0.385. The van der Waals surface area contributed by atoms with Gasteiger partial charge in [-0.3, -0.25) is 0 Å². The Bertz CT molecular complexity index is 1540. The van der Waals surface area contributed by atoms with Crippen molar-refractivity contribution in [3.63, 3.8) is 0 Å². The highest BCUT2D eigenvalue weighted by molar-refractivity contribution is 5.81. The fourth-order valence-electron chi connectivity index (χ4n) is 10.6. The molecule has 3 aliphatic carbocycles. The minimum Gasteiger partial charge on any atom is -0.460 e. The summed E-state index contributed by atoms with van der Waals surface area (Å²) in [5.74, 6) is -1.30. The third-order valence-corrected chi connectivity index (χ3v) is 14.7. The lowest BCUT2D eigenvalue weighted by Gasteiger charge is -2.49. The van der Waals surface area contributed by atoms with Gasteiger partial charge in [0.1, 0.15) is 79.9 Å². The summed E-state index contributed by atoms with van der Waals surface area (Å²) in [6.07, 6.45) is -21.0. The fourth-order valence-corrected chi connectivity index (χ4v) is 10.6. The van der Waals surface area contributed by atoms with E-state index in [1.165, 1.54) is 6.08 Å². The molecule has 0 aromatic carbocycles. The standard InChI is InChI=1S/C43H71NO21/c1-44(2)20-7-3-18(4-8-20)5-10-31(50)58-16-29-33(52)35(54)38(57)41(63-29)60-17-30-34(53)36(55)40(65-42-37(56)32(51)26(49)15-59-42)43(64-30)62-28-14-22-24(47)12-21(45)13-27(22)61-39(28)19-6-9-23(46)25(48)11-19/h5,10,18-30,32-43,45-49,51-57H,3-4,6-9,11-17H2,1-2H3/p+1. The van der Waals surface area contributed by atoms with Gasteiger partial charge in [-0.15, -0.1) is 0 Å². The number of allylic oxidation sites excluding steroid dienone is 1. The molecule has 7 fully saturated rings. The van der Waals surface area contributed by atoms with Crippen LogP contribution in [0, 0.1) is 17.8 Å². The summed E-state index contributed by atoms with van der Waals surface area (Å²) >= 11 is 0. The number of carbonyl (C=O) groups is 1. The number of hydrogen-bond donors (Lipinski definition) is 12. The highest BCUT2D eigenvalue weighted by Crippen LogP contribution is 2.43. The van der Waals surface area contributed by atoms with Crippen LogP contribution in [0.1, 0.15) is 64.2 Å². The van der Waals surface area contributed by atoms with Crippen LogP contribution in [0.25, 0.3) is 0 Å². The summed E-state index contributed by atoms with van der Waals surface area (Å²) in [6, 6.07) is 0.485. The molecule has 65 heavy (non-hydrogen) atoms. The van der Waals surface area contributed by atoms with Crippen molar-refractivity contribution in [2.45, 2.75) is 199 Å². The van der Waals surface area contributed by atoms with Crippen LogP contribution in [0.15, 0.2) is 12.2 Å². The van der Waals surface area contributed by atoms with E-state index in [9.17, 15) is 66.1 Å². The van der Waals surface area contributed by atoms with Crippen molar-refractivity contribution in [3.05, 3.63) is 12.2 Å². The van der Waals surface area contributed by atoms with E-state index in [0.717, 1.165) is 25.7 Å². The third kappa shape index (κ3) is 12.1. The highest BCUT2D eigenvalue weighted by atomic mass is 16.8. The zero-order chi connectivity index (χ0) is 46.9. The maximum Gasteiger partial charge on any atom is 0.330 e. The number of aliphatic hydroxyl groups excluding tert-OH is 12. The Kier molecular flexibility index (Phi) is 17.7. The first kappa shape index (κ1) is 51.3. The molecule has 374 valence electrons. The molecular formula is C43H72NO21+. The molecule has 0 radical (unpaired) electrons. The van der Waals surface area contributed by atoms with Crippen LogP contribution in [-0.2, 0) is 38.0 Å². The predicted octanol–water partition coefficient (Wildman–Crippen LogP) is -4.99. The Balaban J connectivity index is 1.04. The van der Waals surface area contributed by atoms with Gasteiger partial charge in [0.2, 0.25) is 0 Å². The van der Waals surface area contributed by atoms with Crippen LogP contribution in [0.3, 0.4) is 0 Å². The molecule has 0 amide bonds. The molecule has 3 saturated carbocycles. The number of rotatable bonds is 13. The number of aliphatic hydroxyl groups is 14. The zero-order valence-corrected chi connectivity index (χ0v) is 36.8. The lowest BCUT2D eigenvalue weighted by Crippen LogP contribution is -2.65. The summed E-state index contributed by atoms with van der Waals surface area (Å²) < 4.78 is 46.2. The van der Waals surface area contributed by atoms with Crippen LogP contribution in [-0.4, -0.2) is 246 Å². The number of carbonyl (C=O) groups excluding carboxylic acids is 1. The topological polar surface area (TPSA) is 340 Å². The van der Waals surface area contributed by atoms with Gasteiger partial charge in [-0.05, 0) is 71.4 Å². The van der Waals surface area contributed by atoms with Gasteiger partial charge in [0, 0.05) is 30.9 Å². The van der Waals surface area contributed by atoms with E-state index < -0.39 is 160 Å². The first-order valence-electron chi connectivity index (χ1n) is 23.1. The number of fused-ring (bicyclic) bond motifs is 1. The number of esters is 1. The molecule has 0 aromatic rings. The van der Waals surface area contributed by atoms with Gasteiger partial charge in [0.05, 0.1) is 43.5 Å². The van der Waals surface area contributed by atoms with E-state index in [0.29, 0.717) is 12.5 Å². The summed E-state index contributed by atoms with van der Waals surface area (Å²) in [4.78, 5) is 14.8. The van der Waals surface area contributed by atoms with Crippen LogP contribution in [0.5, 0.6) is 0 Å². The Hall–Kier alpha value is -1.59. The van der Waals surface area contributed by atoms with Crippen molar-refractivity contribution in [2.75, 3.05) is 33.9 Å². The molecule has 23 unspecified atom stereocenters. The Labute approximate surface area is 377 Å². The third-order valence-electron chi connectivity index (χ3n) is 14.7. The van der Waals surface area contributed by atoms with Gasteiger partial charge in [-0.2, -0.15) is 0 Å². The largest absolute Gasteiger partial charge is 0.460 e. The van der Waals surface area contributed by atoms with Crippen LogP contribution < -0.4 is 0 Å². The van der Waals surface area contributed by atoms with Gasteiger partial charge >= 0.3 is 5.97 Å². The molecule has 4 heterocycles. The van der Waals surface area contributed by atoms with Gasteiger partial charge in [0.15, 0.2) is 31.1 Å². The first-order valence-corrected chi connectivity index (χ1v) is 23.1. The predicted molar refractivity (Wildman–Crippen MR) is 219 cm³/mol. The second-order valence-electron chi connectivity index (χ2n) is 19.4. The normalized spacial score (nSPS) is 50.0. The summed E-state index contributed by atoms with van der Waals surface area (Å²) in [6.45, 7) is -1.61. The molecule has 4 aliphatic heterocycles. The molecule has 0 aromatic heterocycles. The summed E-state index contributed by atoms with van der Waals surface area (Å²) in [5.41, 5.74) is 0. The van der Waals surface area contributed by atoms with Gasteiger partial charge in [-0.25, -0.2) is 4.79 Å². The average Bonchev–Trinajstić information content (AvgIpc) is 3.28. The molecule has 7 aliphatic rings. The SMILES string of the molecule is CN(C)C1CCC(C=CC(=O)OCC2OC(OCC3OC(OC4CC5C(O)CC(O)CC5[OH+]C4C4CCC(O)C(O)C4)C(OC4OCC(O)C(O)C4O)C(O)C3O)C(O)C(O)C2O)CC1. The maximum absolute atomic E-state index is 12.7. The van der Waals surface area contributed by atoms with Crippen molar-refractivity contribution >= 4 is 5.97 Å². The molecule has 0 spiro atoms. The smallest absolute Gasteiger partial charge is 0.330 e. The second-order valence-corrected chi connectivity index (χ2v) is 19.4. The van der Waals surface area contributed by atoms with Gasteiger partial charge in [-0.1, -0.05) is 6.08 Å². The first-order chi connectivity index (χ1) is 30.9. The molecule has 23 atom stereocenters. The van der Waals surface area contributed by atoms with Crippen molar-refractivity contribution in [1.82, 2.24) is 4.90 Å². The molecule has 7 rings (SSSR count). The van der Waals surface area contributed by atoms with E-state index in [-0.39, 0.29) is 43.9 Å². The molecular weight excluding hydrogens is 866 g/mol. The Morgan fingerprint density at radius 2 is 1.32 bits per heavy atom. The number of nitrogens with zero attached hydrogens (tertiary/aromatic N) is 1. The van der Waals surface area contributed by atoms with Crippen molar-refractivity contribution in [3.8, 4) is 0 Å². The molecule has 0 bridgehead atoms. The summed E-state index contributed by atoms with van der Waals surface area (Å²) in [7, 11) is 4.08. The minimum absolute atomic E-state index is 0.100. The van der Waals surface area contributed by atoms with Crippen LogP contribution in [0.2, 0.25) is 0 Å². The number of hydrogen-bond acceptors (Lipinski definition) is 21. The summed E-state index contributed by atoms with van der Waals surface area (Å²) in [5, 5.41) is 129. The molecule has 13 N–H and O–H groups in total. The highest BCUT2D eigenvalue weighted by Gasteiger charge is 2.56. The molecule has 22 heteroatoms.